The number of rotatable bonds is 8. The zero-order chi connectivity index (χ0) is 23.5. The van der Waals surface area contributed by atoms with Crippen molar-refractivity contribution in [2.24, 2.45) is 0 Å². The number of nitrogens with one attached hydrogen (secondary N) is 1. The van der Waals surface area contributed by atoms with E-state index in [0.29, 0.717) is 0 Å². The normalized spacial score (nSPS) is 15.5. The summed E-state index contributed by atoms with van der Waals surface area (Å²) < 4.78 is 79.4. The van der Waals surface area contributed by atoms with Crippen LogP contribution in [-0.2, 0) is 20.0 Å². The topological polar surface area (TPSA) is 102 Å². The van der Waals surface area contributed by atoms with Crippen LogP contribution in [0.25, 0.3) is 0 Å². The molecule has 176 valence electrons. The Kier molecular flexibility index (Phi) is 7.31. The van der Waals surface area contributed by atoms with E-state index < -0.39 is 30.8 Å². The van der Waals surface area contributed by atoms with Crippen LogP contribution in [0.3, 0.4) is 0 Å². The average Bonchev–Trinajstić information content (AvgIpc) is 2.78. The molecule has 0 spiro atoms. The first-order chi connectivity index (χ1) is 15.1. The zero-order valence-corrected chi connectivity index (χ0v) is 19.8. The lowest BCUT2D eigenvalue weighted by Gasteiger charge is -2.30. The van der Waals surface area contributed by atoms with Crippen LogP contribution in [0.2, 0.25) is 0 Å². The van der Waals surface area contributed by atoms with Crippen molar-refractivity contribution in [1.82, 2.24) is 4.31 Å². The summed E-state index contributed by atoms with van der Waals surface area (Å²) >= 11 is 0. The molecule has 1 fully saturated rings. The highest BCUT2D eigenvalue weighted by Crippen LogP contribution is 2.33. The Bertz CT molecular complexity index is 1160. The van der Waals surface area contributed by atoms with E-state index in [1.807, 2.05) is 0 Å². The van der Waals surface area contributed by atoms with Crippen molar-refractivity contribution in [1.29, 1.82) is 0 Å². The molecule has 0 unspecified atom stereocenters. The van der Waals surface area contributed by atoms with Crippen molar-refractivity contribution < 1.29 is 30.7 Å². The minimum Gasteiger partial charge on any atom is -0.493 e. The third kappa shape index (κ3) is 5.00. The highest BCUT2D eigenvalue weighted by Gasteiger charge is 2.29. The number of sulfonamides is 2. The van der Waals surface area contributed by atoms with E-state index >= 15 is 0 Å². The summed E-state index contributed by atoms with van der Waals surface area (Å²) in [5.41, 5.74) is 0.0958. The summed E-state index contributed by atoms with van der Waals surface area (Å²) in [7, 11) is -3.82. The standard InChI is InChI=1S/C21H27FN2O6S2/c1-24(16-7-5-4-6-8-16)32(27,28)17-11-9-15(10-12-17)23-31(25,26)21-14-20(30-3)19(29-2)13-18(21)22/h9-14,16,23H,4-8H2,1-3H3. The van der Waals surface area contributed by atoms with Crippen molar-refractivity contribution >= 4 is 25.7 Å². The highest BCUT2D eigenvalue weighted by atomic mass is 32.2. The maximum Gasteiger partial charge on any atom is 0.264 e. The molecule has 0 heterocycles. The first kappa shape index (κ1) is 24.3. The van der Waals surface area contributed by atoms with E-state index in [1.54, 1.807) is 7.05 Å². The molecule has 1 aliphatic carbocycles. The van der Waals surface area contributed by atoms with E-state index in [4.69, 9.17) is 9.47 Å². The largest absolute Gasteiger partial charge is 0.493 e. The van der Waals surface area contributed by atoms with Crippen LogP contribution in [-0.4, -0.2) is 48.4 Å². The molecule has 1 saturated carbocycles. The molecule has 2 aromatic carbocycles. The summed E-state index contributed by atoms with van der Waals surface area (Å²) in [6.45, 7) is 0. The Morgan fingerprint density at radius 1 is 0.938 bits per heavy atom. The fourth-order valence-electron chi connectivity index (χ4n) is 3.75. The minimum atomic E-state index is -4.30. The lowest BCUT2D eigenvalue weighted by atomic mass is 9.96. The maximum atomic E-state index is 14.4. The van der Waals surface area contributed by atoms with Crippen molar-refractivity contribution in [3.05, 3.63) is 42.2 Å². The fourth-order valence-corrected chi connectivity index (χ4v) is 6.30. The van der Waals surface area contributed by atoms with Gasteiger partial charge in [0.15, 0.2) is 11.5 Å². The van der Waals surface area contributed by atoms with Crippen molar-refractivity contribution in [3.63, 3.8) is 0 Å². The molecule has 0 aromatic heterocycles. The van der Waals surface area contributed by atoms with Gasteiger partial charge in [-0.05, 0) is 37.1 Å². The second-order valence-corrected chi connectivity index (χ2v) is 11.2. The number of ether oxygens (including phenoxy) is 2. The number of anilines is 1. The minimum absolute atomic E-state index is 0.0417. The quantitative estimate of drug-likeness (QED) is 0.612. The van der Waals surface area contributed by atoms with Crippen LogP contribution in [0.1, 0.15) is 32.1 Å². The van der Waals surface area contributed by atoms with Gasteiger partial charge in [-0.1, -0.05) is 19.3 Å². The Labute approximate surface area is 188 Å². The molecule has 0 bridgehead atoms. The molecule has 32 heavy (non-hydrogen) atoms. The van der Waals surface area contributed by atoms with Crippen LogP contribution < -0.4 is 14.2 Å². The Hall–Kier alpha value is -2.37. The van der Waals surface area contributed by atoms with Crippen molar-refractivity contribution in [3.8, 4) is 11.5 Å². The average molecular weight is 487 g/mol. The lowest BCUT2D eigenvalue weighted by molar-refractivity contribution is 0.286. The van der Waals surface area contributed by atoms with Crippen LogP contribution in [0.4, 0.5) is 10.1 Å². The number of nitrogens with zero attached hydrogens (tertiary/aromatic N) is 1. The summed E-state index contributed by atoms with van der Waals surface area (Å²) in [6, 6.07) is 7.23. The predicted molar refractivity (Wildman–Crippen MR) is 119 cm³/mol. The second-order valence-electron chi connectivity index (χ2n) is 7.58. The van der Waals surface area contributed by atoms with Gasteiger partial charge in [0.2, 0.25) is 10.0 Å². The van der Waals surface area contributed by atoms with Crippen LogP contribution in [0, 0.1) is 5.82 Å². The van der Waals surface area contributed by atoms with E-state index in [9.17, 15) is 21.2 Å². The molecule has 8 nitrogen and oxygen atoms in total. The van der Waals surface area contributed by atoms with Crippen molar-refractivity contribution in [2.45, 2.75) is 47.9 Å². The Morgan fingerprint density at radius 2 is 1.50 bits per heavy atom. The van der Waals surface area contributed by atoms with E-state index in [2.05, 4.69) is 4.72 Å². The molecule has 0 radical (unpaired) electrons. The van der Waals surface area contributed by atoms with Gasteiger partial charge in [-0.3, -0.25) is 4.72 Å². The fraction of sp³-hybridized carbons (Fsp3) is 0.429. The van der Waals surface area contributed by atoms with E-state index in [0.717, 1.165) is 44.2 Å². The van der Waals surface area contributed by atoms with Crippen LogP contribution in [0.5, 0.6) is 11.5 Å². The van der Waals surface area contributed by atoms with E-state index in [-0.39, 0.29) is 28.1 Å². The summed E-state index contributed by atoms with van der Waals surface area (Å²) in [4.78, 5) is -0.560. The molecule has 3 rings (SSSR count). The monoisotopic (exact) mass is 486 g/mol. The molecule has 1 aliphatic rings. The molecule has 0 saturated heterocycles. The summed E-state index contributed by atoms with van der Waals surface area (Å²) in [5.74, 6) is -0.898. The number of benzene rings is 2. The van der Waals surface area contributed by atoms with Crippen LogP contribution >= 0.6 is 0 Å². The Balaban J connectivity index is 1.82. The molecule has 1 N–H and O–H groups in total. The lowest BCUT2D eigenvalue weighted by Crippen LogP contribution is -2.38. The predicted octanol–water partition coefficient (Wildman–Crippen LogP) is 3.60. The van der Waals surface area contributed by atoms with Gasteiger partial charge in [-0.15, -0.1) is 0 Å². The van der Waals surface area contributed by atoms with Gasteiger partial charge in [0, 0.05) is 30.9 Å². The molecular formula is C21H27FN2O6S2. The smallest absolute Gasteiger partial charge is 0.264 e. The third-order valence-corrected chi connectivity index (χ3v) is 8.92. The number of halogens is 1. The van der Waals surface area contributed by atoms with E-state index in [1.165, 1.54) is 42.8 Å². The van der Waals surface area contributed by atoms with Gasteiger partial charge in [-0.25, -0.2) is 21.2 Å². The first-order valence-corrected chi connectivity index (χ1v) is 13.0. The van der Waals surface area contributed by atoms with Crippen molar-refractivity contribution in [2.75, 3.05) is 26.0 Å². The van der Waals surface area contributed by atoms with Gasteiger partial charge in [0.25, 0.3) is 10.0 Å². The van der Waals surface area contributed by atoms with Gasteiger partial charge < -0.3 is 9.47 Å². The molecule has 2 aromatic rings. The summed E-state index contributed by atoms with van der Waals surface area (Å²) in [5, 5.41) is 0. The first-order valence-electron chi connectivity index (χ1n) is 10.1. The Morgan fingerprint density at radius 3 is 2.06 bits per heavy atom. The number of methoxy groups -OCH3 is 2. The third-order valence-electron chi connectivity index (χ3n) is 5.60. The van der Waals surface area contributed by atoms with Gasteiger partial charge in [-0.2, -0.15) is 4.31 Å². The molecular weight excluding hydrogens is 459 g/mol. The number of hydrogen-bond acceptors (Lipinski definition) is 6. The maximum absolute atomic E-state index is 14.4. The number of hydrogen-bond donors (Lipinski definition) is 1. The SMILES string of the molecule is COc1cc(F)c(S(=O)(=O)Nc2ccc(S(=O)(=O)N(C)C3CCCCC3)cc2)cc1OC. The zero-order valence-electron chi connectivity index (χ0n) is 18.2. The van der Waals surface area contributed by atoms with Gasteiger partial charge >= 0.3 is 0 Å². The molecule has 0 atom stereocenters. The second kappa shape index (κ2) is 9.63. The van der Waals surface area contributed by atoms with Gasteiger partial charge in [0.1, 0.15) is 10.7 Å². The molecule has 0 aliphatic heterocycles. The highest BCUT2D eigenvalue weighted by molar-refractivity contribution is 7.92. The van der Waals surface area contributed by atoms with Crippen LogP contribution in [0.15, 0.2) is 46.2 Å². The molecule has 11 heteroatoms. The van der Waals surface area contributed by atoms with Gasteiger partial charge in [0.05, 0.1) is 19.1 Å². The summed E-state index contributed by atoms with van der Waals surface area (Å²) in [6.07, 6.45) is 4.75. The molecule has 0 amide bonds.